The lowest BCUT2D eigenvalue weighted by Gasteiger charge is -2.47. The van der Waals surface area contributed by atoms with Crippen molar-refractivity contribution in [3.8, 4) is 11.5 Å². The van der Waals surface area contributed by atoms with Gasteiger partial charge >= 0.3 is 5.97 Å². The van der Waals surface area contributed by atoms with Crippen LogP contribution in [0.1, 0.15) is 92.8 Å². The van der Waals surface area contributed by atoms with Gasteiger partial charge < -0.3 is 19.9 Å². The number of ether oxygens (including phenoxy) is 2. The molecule has 0 radical (unpaired) electrons. The highest BCUT2D eigenvalue weighted by Gasteiger charge is 2.54. The van der Waals surface area contributed by atoms with Gasteiger partial charge in [-0.1, -0.05) is 37.6 Å². The standard InChI is InChI=1S/C42H51ClN4O4S/c1-28(26-51-38-13-18-44-37-9-4-6-29(2)39(37)38)22-31-23-30-10-11-35(50-20-21-52-27-34-12-19-45-47(34)3)25-36(30)41(31)14-16-42(17-15-41,40(48)49)46-33-8-5-7-32(43)24-33/h5,7-8,10-13,18-19,24-25,28-29,31,46H,4,6,9,14-17,20-23,26-27H2,1-3H3,(H,48,49)/t28-,29-,31+,41?,42?/m1/s1. The molecule has 276 valence electrons. The second-order valence-electron chi connectivity index (χ2n) is 15.4. The maximum Gasteiger partial charge on any atom is 0.329 e. The number of nitrogens with zero attached hydrogens (tertiary/aromatic N) is 3. The quantitative estimate of drug-likeness (QED) is 0.124. The summed E-state index contributed by atoms with van der Waals surface area (Å²) in [4.78, 5) is 17.7. The Morgan fingerprint density at radius 1 is 1.12 bits per heavy atom. The first-order valence-corrected chi connectivity index (χ1v) is 20.4. The summed E-state index contributed by atoms with van der Waals surface area (Å²) in [5, 5.41) is 18.9. The van der Waals surface area contributed by atoms with Crippen molar-refractivity contribution in [1.82, 2.24) is 14.8 Å². The number of aromatic nitrogens is 3. The van der Waals surface area contributed by atoms with Crippen molar-refractivity contribution < 1.29 is 19.4 Å². The average Bonchev–Trinajstić information content (AvgIpc) is 3.67. The monoisotopic (exact) mass is 742 g/mol. The fourth-order valence-corrected chi connectivity index (χ4v) is 10.1. The molecule has 2 aromatic heterocycles. The molecule has 1 saturated carbocycles. The van der Waals surface area contributed by atoms with Gasteiger partial charge in [0, 0.05) is 58.6 Å². The fraction of sp³-hybridized carbons (Fsp3) is 0.500. The van der Waals surface area contributed by atoms with Gasteiger partial charge in [-0.15, -0.1) is 0 Å². The predicted molar refractivity (Wildman–Crippen MR) is 209 cm³/mol. The van der Waals surface area contributed by atoms with Gasteiger partial charge in [-0.2, -0.15) is 16.9 Å². The minimum atomic E-state index is -1.06. The Morgan fingerprint density at radius 2 is 1.96 bits per heavy atom. The van der Waals surface area contributed by atoms with Crippen LogP contribution in [0.3, 0.4) is 0 Å². The van der Waals surface area contributed by atoms with E-state index in [1.807, 2.05) is 66.2 Å². The lowest BCUT2D eigenvalue weighted by Crippen LogP contribution is -2.53. The number of pyridine rings is 1. The van der Waals surface area contributed by atoms with Crippen LogP contribution in [0.2, 0.25) is 5.02 Å². The summed E-state index contributed by atoms with van der Waals surface area (Å²) in [6, 6.07) is 18.1. The largest absolute Gasteiger partial charge is 0.493 e. The van der Waals surface area contributed by atoms with Crippen LogP contribution in [0, 0.1) is 11.8 Å². The molecule has 0 saturated heterocycles. The molecule has 8 nitrogen and oxygen atoms in total. The summed E-state index contributed by atoms with van der Waals surface area (Å²) in [7, 11) is 1.97. The molecule has 2 heterocycles. The number of aliphatic carboxylic acids is 1. The van der Waals surface area contributed by atoms with Crippen molar-refractivity contribution in [3.63, 3.8) is 0 Å². The van der Waals surface area contributed by atoms with Crippen molar-refractivity contribution in [2.75, 3.05) is 24.3 Å². The number of thioether (sulfide) groups is 1. The molecule has 10 heteroatoms. The van der Waals surface area contributed by atoms with Gasteiger partial charge in [0.15, 0.2) is 0 Å². The number of rotatable bonds is 14. The van der Waals surface area contributed by atoms with E-state index >= 15 is 0 Å². The first-order valence-electron chi connectivity index (χ1n) is 18.8. The summed E-state index contributed by atoms with van der Waals surface area (Å²) < 4.78 is 14.9. The minimum absolute atomic E-state index is 0.142. The van der Waals surface area contributed by atoms with Crippen LogP contribution in [0.4, 0.5) is 5.69 Å². The maximum absolute atomic E-state index is 13.0. The van der Waals surface area contributed by atoms with Crippen LogP contribution >= 0.6 is 23.4 Å². The van der Waals surface area contributed by atoms with Crippen LogP contribution in [-0.2, 0) is 35.9 Å². The molecular weight excluding hydrogens is 692 g/mol. The van der Waals surface area contributed by atoms with Gasteiger partial charge in [-0.05, 0) is 135 Å². The SMILES string of the molecule is C[C@@H](COc1ccnc2c1[C@H](C)CCC2)C[C@H]1Cc2ccc(OCCSCc3ccnn3C)cc2C12CCC(Nc1cccc(Cl)c1)(C(=O)O)CC2. The van der Waals surface area contributed by atoms with E-state index in [4.69, 9.17) is 21.1 Å². The van der Waals surface area contributed by atoms with Crippen molar-refractivity contribution in [3.05, 3.63) is 100 Å². The number of hydrogen-bond donors (Lipinski definition) is 2. The molecule has 52 heavy (non-hydrogen) atoms. The molecule has 3 aliphatic rings. The summed E-state index contributed by atoms with van der Waals surface area (Å²) in [6.07, 6.45) is 11.7. The molecule has 0 bridgehead atoms. The number of carboxylic acid groups (broad SMARTS) is 1. The van der Waals surface area contributed by atoms with Crippen LogP contribution in [-0.4, -0.2) is 50.3 Å². The molecule has 1 spiro atoms. The summed E-state index contributed by atoms with van der Waals surface area (Å²) in [6.45, 7) is 5.86. The molecule has 1 fully saturated rings. The molecule has 0 aliphatic heterocycles. The summed E-state index contributed by atoms with van der Waals surface area (Å²) in [5.41, 5.74) is 5.91. The highest BCUT2D eigenvalue weighted by molar-refractivity contribution is 7.98. The van der Waals surface area contributed by atoms with E-state index in [0.29, 0.717) is 48.8 Å². The Hall–Kier alpha value is -3.69. The Bertz CT molecular complexity index is 1870. The van der Waals surface area contributed by atoms with E-state index in [-0.39, 0.29) is 5.41 Å². The topological polar surface area (TPSA) is 98.5 Å². The highest BCUT2D eigenvalue weighted by atomic mass is 35.5. The van der Waals surface area contributed by atoms with E-state index in [1.165, 1.54) is 40.9 Å². The van der Waals surface area contributed by atoms with Crippen molar-refractivity contribution in [1.29, 1.82) is 0 Å². The van der Waals surface area contributed by atoms with E-state index < -0.39 is 11.5 Å². The first-order chi connectivity index (χ1) is 25.2. The van der Waals surface area contributed by atoms with Crippen molar-refractivity contribution >= 4 is 35.0 Å². The Morgan fingerprint density at radius 3 is 2.73 bits per heavy atom. The molecule has 7 rings (SSSR count). The molecular formula is C42H51ClN4O4S. The minimum Gasteiger partial charge on any atom is -0.493 e. The first kappa shape index (κ1) is 36.7. The predicted octanol–water partition coefficient (Wildman–Crippen LogP) is 9.25. The molecule has 3 atom stereocenters. The Kier molecular flexibility index (Phi) is 11.1. The number of fused-ring (bicyclic) bond motifs is 3. The van der Waals surface area contributed by atoms with Crippen LogP contribution in [0.5, 0.6) is 11.5 Å². The van der Waals surface area contributed by atoms with Gasteiger partial charge in [0.05, 0.1) is 13.2 Å². The third-order valence-electron chi connectivity index (χ3n) is 11.9. The van der Waals surface area contributed by atoms with Gasteiger partial charge in [-0.25, -0.2) is 4.79 Å². The highest BCUT2D eigenvalue weighted by Crippen LogP contribution is 2.57. The number of nitrogens with one attached hydrogen (secondary N) is 1. The summed E-state index contributed by atoms with van der Waals surface area (Å²) in [5.74, 6) is 4.00. The zero-order valence-electron chi connectivity index (χ0n) is 30.6. The maximum atomic E-state index is 13.0. The molecule has 0 amide bonds. The molecule has 0 unspecified atom stereocenters. The lowest BCUT2D eigenvalue weighted by atomic mass is 9.59. The van der Waals surface area contributed by atoms with E-state index in [2.05, 4.69) is 53.5 Å². The summed E-state index contributed by atoms with van der Waals surface area (Å²) >= 11 is 8.14. The Labute approximate surface area is 317 Å². The molecule has 3 aliphatic carbocycles. The molecule has 4 aromatic rings. The number of anilines is 1. The number of aryl methyl sites for hydroxylation is 2. The number of halogens is 1. The van der Waals surface area contributed by atoms with Gasteiger partial charge in [0.1, 0.15) is 17.0 Å². The van der Waals surface area contributed by atoms with Crippen molar-refractivity contribution in [2.24, 2.45) is 18.9 Å². The van der Waals surface area contributed by atoms with E-state index in [1.54, 1.807) is 0 Å². The molecule has 2 N–H and O–H groups in total. The van der Waals surface area contributed by atoms with Crippen LogP contribution < -0.4 is 14.8 Å². The van der Waals surface area contributed by atoms with Crippen LogP contribution in [0.15, 0.2) is 67.0 Å². The number of benzene rings is 2. The third kappa shape index (κ3) is 7.67. The fourth-order valence-electron chi connectivity index (χ4n) is 9.10. The zero-order chi connectivity index (χ0) is 36.3. The number of carboxylic acids is 1. The lowest BCUT2D eigenvalue weighted by molar-refractivity contribution is -0.144. The van der Waals surface area contributed by atoms with Crippen LogP contribution in [0.25, 0.3) is 0 Å². The third-order valence-corrected chi connectivity index (χ3v) is 13.1. The molecule has 2 aromatic carbocycles. The van der Waals surface area contributed by atoms with Gasteiger partial charge in [0.2, 0.25) is 0 Å². The van der Waals surface area contributed by atoms with Gasteiger partial charge in [-0.3, -0.25) is 9.67 Å². The zero-order valence-corrected chi connectivity index (χ0v) is 32.1. The van der Waals surface area contributed by atoms with Gasteiger partial charge in [0.25, 0.3) is 0 Å². The second kappa shape index (κ2) is 15.7. The normalized spacial score (nSPS) is 24.2. The number of carbonyl (C=O) groups is 1. The van der Waals surface area contributed by atoms with Crippen molar-refractivity contribution in [2.45, 2.75) is 94.3 Å². The number of hydrogen-bond acceptors (Lipinski definition) is 7. The Balaban J connectivity index is 1.08. The average molecular weight is 743 g/mol. The van der Waals surface area contributed by atoms with E-state index in [0.717, 1.165) is 60.8 Å². The van der Waals surface area contributed by atoms with E-state index in [9.17, 15) is 9.90 Å². The second-order valence-corrected chi connectivity index (χ2v) is 16.9. The smallest absolute Gasteiger partial charge is 0.329 e.